The Hall–Kier alpha value is -1.95. The molecule has 1 fully saturated rings. The molecule has 2 heterocycles. The van der Waals surface area contributed by atoms with E-state index < -0.39 is 0 Å². The summed E-state index contributed by atoms with van der Waals surface area (Å²) in [5, 5.41) is 6.87. The van der Waals surface area contributed by atoms with Crippen molar-refractivity contribution in [3.63, 3.8) is 0 Å². The van der Waals surface area contributed by atoms with Crippen LogP contribution in [0.4, 0.5) is 0 Å². The highest BCUT2D eigenvalue weighted by Gasteiger charge is 2.27. The summed E-state index contributed by atoms with van der Waals surface area (Å²) >= 11 is 0. The molecular weight excluding hydrogens is 328 g/mol. The molecule has 3 rings (SSSR count). The maximum atomic E-state index is 5.45. The summed E-state index contributed by atoms with van der Waals surface area (Å²) in [5.41, 5.74) is 1.23. The maximum Gasteiger partial charge on any atom is 0.231 e. The van der Waals surface area contributed by atoms with E-state index >= 15 is 0 Å². The van der Waals surface area contributed by atoms with Gasteiger partial charge in [0.1, 0.15) is 0 Å². The van der Waals surface area contributed by atoms with Crippen molar-refractivity contribution in [3.8, 4) is 11.5 Å². The van der Waals surface area contributed by atoms with Gasteiger partial charge in [0.05, 0.1) is 6.54 Å². The van der Waals surface area contributed by atoms with Crippen LogP contribution in [0.2, 0.25) is 0 Å². The molecule has 0 aliphatic carbocycles. The lowest BCUT2D eigenvalue weighted by atomic mass is 9.98. The zero-order valence-electron chi connectivity index (χ0n) is 16.3. The highest BCUT2D eigenvalue weighted by atomic mass is 16.7. The normalized spacial score (nSPS) is 18.0. The van der Waals surface area contributed by atoms with Crippen LogP contribution in [0.15, 0.2) is 23.2 Å². The molecule has 0 saturated carbocycles. The molecule has 144 valence electrons. The number of aliphatic imine (C=N–C) groups is 1. The van der Waals surface area contributed by atoms with Crippen molar-refractivity contribution in [3.05, 3.63) is 23.8 Å². The number of fused-ring (bicyclic) bond motifs is 1. The summed E-state index contributed by atoms with van der Waals surface area (Å²) in [6.45, 7) is 11.7. The van der Waals surface area contributed by atoms with Crippen LogP contribution in [0, 0.1) is 0 Å². The fourth-order valence-corrected chi connectivity index (χ4v) is 3.46. The van der Waals surface area contributed by atoms with Gasteiger partial charge in [0.15, 0.2) is 17.5 Å². The molecule has 6 heteroatoms. The predicted molar refractivity (Wildman–Crippen MR) is 105 cm³/mol. The third-order valence-corrected chi connectivity index (χ3v) is 5.10. The topological polar surface area (TPSA) is 58.1 Å². The van der Waals surface area contributed by atoms with Gasteiger partial charge in [0.2, 0.25) is 6.79 Å². The van der Waals surface area contributed by atoms with Gasteiger partial charge >= 0.3 is 0 Å². The van der Waals surface area contributed by atoms with Crippen LogP contribution in [0.1, 0.15) is 45.6 Å². The second-order valence-corrected chi connectivity index (χ2v) is 7.60. The molecule has 1 saturated heterocycles. The SMILES string of the molecule is CCNC(=NCc1ccc2c(c1)OCO2)NCC(C)(C)N1CCCCC1. The number of benzene rings is 1. The summed E-state index contributed by atoms with van der Waals surface area (Å²) in [7, 11) is 0. The van der Waals surface area contributed by atoms with Gasteiger partial charge in [-0.05, 0) is 64.4 Å². The smallest absolute Gasteiger partial charge is 0.231 e. The number of hydrogen-bond acceptors (Lipinski definition) is 4. The number of ether oxygens (including phenoxy) is 2. The van der Waals surface area contributed by atoms with Gasteiger partial charge in [-0.2, -0.15) is 0 Å². The number of nitrogens with one attached hydrogen (secondary N) is 2. The van der Waals surface area contributed by atoms with Crippen LogP contribution in [0.3, 0.4) is 0 Å². The quantitative estimate of drug-likeness (QED) is 0.603. The lowest BCUT2D eigenvalue weighted by Crippen LogP contribution is -2.54. The fourth-order valence-electron chi connectivity index (χ4n) is 3.46. The number of piperidine rings is 1. The van der Waals surface area contributed by atoms with Crippen LogP contribution in [-0.2, 0) is 6.54 Å². The van der Waals surface area contributed by atoms with Crippen LogP contribution in [0.5, 0.6) is 11.5 Å². The summed E-state index contributed by atoms with van der Waals surface area (Å²) in [4.78, 5) is 7.33. The summed E-state index contributed by atoms with van der Waals surface area (Å²) < 4.78 is 10.8. The second-order valence-electron chi connectivity index (χ2n) is 7.60. The minimum atomic E-state index is 0.120. The molecule has 0 spiro atoms. The Morgan fingerprint density at radius 3 is 2.65 bits per heavy atom. The minimum absolute atomic E-state index is 0.120. The second kappa shape index (κ2) is 8.62. The molecule has 2 aliphatic heterocycles. The Kier molecular flexibility index (Phi) is 6.25. The highest BCUT2D eigenvalue weighted by molar-refractivity contribution is 5.79. The minimum Gasteiger partial charge on any atom is -0.454 e. The van der Waals surface area contributed by atoms with E-state index in [4.69, 9.17) is 14.5 Å². The first-order chi connectivity index (χ1) is 12.6. The number of hydrogen-bond donors (Lipinski definition) is 2. The number of rotatable bonds is 6. The van der Waals surface area contributed by atoms with Gasteiger partial charge in [-0.15, -0.1) is 0 Å². The van der Waals surface area contributed by atoms with Gasteiger partial charge in [0.25, 0.3) is 0 Å². The molecule has 0 atom stereocenters. The van der Waals surface area contributed by atoms with E-state index in [1.165, 1.54) is 32.4 Å². The molecule has 1 aromatic rings. The average Bonchev–Trinajstić information content (AvgIpc) is 3.12. The lowest BCUT2D eigenvalue weighted by Gasteiger charge is -2.41. The molecule has 0 radical (unpaired) electrons. The van der Waals surface area contributed by atoms with Crippen molar-refractivity contribution >= 4 is 5.96 Å². The first-order valence-corrected chi connectivity index (χ1v) is 9.74. The number of likely N-dealkylation sites (tertiary alicyclic amines) is 1. The van der Waals surface area contributed by atoms with Gasteiger partial charge in [-0.1, -0.05) is 12.5 Å². The first-order valence-electron chi connectivity index (χ1n) is 9.74. The van der Waals surface area contributed by atoms with E-state index in [1.807, 2.05) is 18.2 Å². The molecule has 26 heavy (non-hydrogen) atoms. The van der Waals surface area contributed by atoms with Crippen LogP contribution in [-0.4, -0.2) is 49.4 Å². The Morgan fingerprint density at radius 1 is 1.12 bits per heavy atom. The van der Waals surface area contributed by atoms with Gasteiger partial charge in [-0.25, -0.2) is 4.99 Å². The Labute approximate surface area is 157 Å². The molecule has 2 N–H and O–H groups in total. The Bertz CT molecular complexity index is 624. The van der Waals surface area contributed by atoms with Crippen molar-refractivity contribution < 1.29 is 9.47 Å². The van der Waals surface area contributed by atoms with Crippen molar-refractivity contribution in [1.29, 1.82) is 0 Å². The first kappa shape index (κ1) is 18.8. The van der Waals surface area contributed by atoms with E-state index in [9.17, 15) is 0 Å². The third kappa shape index (κ3) is 4.81. The van der Waals surface area contributed by atoms with Gasteiger partial charge in [0, 0.05) is 18.6 Å². The lowest BCUT2D eigenvalue weighted by molar-refractivity contribution is 0.0982. The molecule has 0 aromatic heterocycles. The van der Waals surface area contributed by atoms with E-state index in [0.29, 0.717) is 13.3 Å². The van der Waals surface area contributed by atoms with Crippen molar-refractivity contribution in [2.45, 2.75) is 52.1 Å². The van der Waals surface area contributed by atoms with Crippen molar-refractivity contribution in [2.24, 2.45) is 4.99 Å². The Morgan fingerprint density at radius 2 is 1.88 bits per heavy atom. The fraction of sp³-hybridized carbons (Fsp3) is 0.650. The van der Waals surface area contributed by atoms with Crippen LogP contribution >= 0.6 is 0 Å². The maximum absolute atomic E-state index is 5.45. The molecule has 2 aliphatic rings. The molecular formula is C20H32N4O2. The summed E-state index contributed by atoms with van der Waals surface area (Å²) in [6.07, 6.45) is 3.98. The molecule has 0 unspecified atom stereocenters. The van der Waals surface area contributed by atoms with E-state index in [-0.39, 0.29) is 5.54 Å². The molecule has 1 aromatic carbocycles. The van der Waals surface area contributed by atoms with Crippen molar-refractivity contribution in [1.82, 2.24) is 15.5 Å². The van der Waals surface area contributed by atoms with E-state index in [1.54, 1.807) is 0 Å². The van der Waals surface area contributed by atoms with Crippen LogP contribution in [0.25, 0.3) is 0 Å². The van der Waals surface area contributed by atoms with Crippen molar-refractivity contribution in [2.75, 3.05) is 33.0 Å². The zero-order chi connectivity index (χ0) is 18.4. The average molecular weight is 361 g/mol. The number of guanidine groups is 1. The third-order valence-electron chi connectivity index (χ3n) is 5.10. The summed E-state index contributed by atoms with van der Waals surface area (Å²) in [5.74, 6) is 2.48. The monoisotopic (exact) mass is 360 g/mol. The zero-order valence-corrected chi connectivity index (χ0v) is 16.3. The van der Waals surface area contributed by atoms with E-state index in [2.05, 4.69) is 36.3 Å². The predicted octanol–water partition coefficient (Wildman–Crippen LogP) is 2.73. The van der Waals surface area contributed by atoms with E-state index in [0.717, 1.165) is 36.1 Å². The van der Waals surface area contributed by atoms with Gasteiger partial charge < -0.3 is 20.1 Å². The Balaban J connectivity index is 1.58. The molecule has 0 amide bonds. The van der Waals surface area contributed by atoms with Gasteiger partial charge in [-0.3, -0.25) is 4.90 Å². The largest absolute Gasteiger partial charge is 0.454 e. The summed E-state index contributed by atoms with van der Waals surface area (Å²) in [6, 6.07) is 6.00. The standard InChI is InChI=1S/C20H32N4O2/c1-4-21-19(23-14-20(2,3)24-10-6-5-7-11-24)22-13-16-8-9-17-18(12-16)26-15-25-17/h8-9,12H,4-7,10-11,13-15H2,1-3H3,(H2,21,22,23). The van der Waals surface area contributed by atoms with Crippen LogP contribution < -0.4 is 20.1 Å². The molecule has 0 bridgehead atoms. The molecule has 6 nitrogen and oxygen atoms in total. The number of nitrogens with zero attached hydrogens (tertiary/aromatic N) is 2. The highest BCUT2D eigenvalue weighted by Crippen LogP contribution is 2.32.